The lowest BCUT2D eigenvalue weighted by molar-refractivity contribution is -0.123. The maximum absolute atomic E-state index is 13.8. The number of aromatic nitrogens is 2. The van der Waals surface area contributed by atoms with E-state index >= 15 is 0 Å². The van der Waals surface area contributed by atoms with Crippen LogP contribution in [0.1, 0.15) is 51.5 Å². The number of hydrogen-bond acceptors (Lipinski definition) is 8. The maximum atomic E-state index is 13.8. The second-order valence-corrected chi connectivity index (χ2v) is 10.4. The van der Waals surface area contributed by atoms with Gasteiger partial charge in [-0.1, -0.05) is 30.3 Å². The molecule has 1 aromatic heterocycles. The Labute approximate surface area is 260 Å². The highest BCUT2D eigenvalue weighted by Crippen LogP contribution is 2.39. The van der Waals surface area contributed by atoms with Crippen molar-refractivity contribution in [2.24, 2.45) is 0 Å². The van der Waals surface area contributed by atoms with Crippen LogP contribution in [0.5, 0.6) is 23.3 Å². The number of nitrogens with one attached hydrogen (secondary N) is 1. The van der Waals surface area contributed by atoms with E-state index in [1.165, 1.54) is 19.5 Å². The summed E-state index contributed by atoms with van der Waals surface area (Å²) in [5, 5.41) is 9.86. The minimum atomic E-state index is -0.353. The van der Waals surface area contributed by atoms with Gasteiger partial charge < -0.3 is 29.5 Å². The van der Waals surface area contributed by atoms with Crippen LogP contribution < -0.4 is 19.5 Å². The second-order valence-electron chi connectivity index (χ2n) is 10.4. The van der Waals surface area contributed by atoms with E-state index in [9.17, 15) is 9.59 Å². The Hall–Kier alpha value is -5.45. The maximum Gasteiger partial charge on any atom is 0.316 e. The molecular formula is C34H34N4O7. The van der Waals surface area contributed by atoms with Crippen LogP contribution in [0.25, 0.3) is 0 Å². The fourth-order valence-corrected chi connectivity index (χ4v) is 5.41. The van der Waals surface area contributed by atoms with Gasteiger partial charge in [0.15, 0.2) is 0 Å². The SMILES string of the molecule is COc1ncc(C(=O)N2CCc3cc4ccc3C2c2cccc(c2)OCCCNC(=O)CCc2ccc(cc2)O4)cn1.O=CO. The summed E-state index contributed by atoms with van der Waals surface area (Å²) in [4.78, 5) is 44.7. The molecule has 9 rings (SSSR count). The summed E-state index contributed by atoms with van der Waals surface area (Å²) in [7, 11) is 1.49. The monoisotopic (exact) mass is 610 g/mol. The minimum Gasteiger partial charge on any atom is -0.494 e. The number of hydrogen-bond donors (Lipinski definition) is 2. The van der Waals surface area contributed by atoms with E-state index < -0.39 is 0 Å². The van der Waals surface area contributed by atoms with Crippen molar-refractivity contribution in [3.63, 3.8) is 0 Å². The molecule has 5 aliphatic heterocycles. The number of carbonyl (C=O) groups is 3. The van der Waals surface area contributed by atoms with Crippen LogP contribution in [0.2, 0.25) is 0 Å². The number of benzene rings is 3. The Morgan fingerprint density at radius 2 is 1.76 bits per heavy atom. The molecule has 11 heteroatoms. The first-order valence-corrected chi connectivity index (χ1v) is 14.6. The van der Waals surface area contributed by atoms with Crippen molar-refractivity contribution < 1.29 is 33.7 Å². The lowest BCUT2D eigenvalue weighted by atomic mass is 9.87. The largest absolute Gasteiger partial charge is 0.494 e. The van der Waals surface area contributed by atoms with Crippen molar-refractivity contribution in [2.75, 3.05) is 26.8 Å². The zero-order chi connectivity index (χ0) is 31.6. The number of amides is 2. The third kappa shape index (κ3) is 7.74. The molecule has 11 nitrogen and oxygen atoms in total. The Balaban J connectivity index is 0.00000128. The summed E-state index contributed by atoms with van der Waals surface area (Å²) in [6.07, 6.45) is 5.43. The molecule has 4 aromatic rings. The summed E-state index contributed by atoms with van der Waals surface area (Å²) < 4.78 is 17.3. The van der Waals surface area contributed by atoms with Gasteiger partial charge in [0, 0.05) is 31.9 Å². The van der Waals surface area contributed by atoms with Crippen molar-refractivity contribution in [1.29, 1.82) is 0 Å². The van der Waals surface area contributed by atoms with Crippen molar-refractivity contribution >= 4 is 18.3 Å². The quantitative estimate of drug-likeness (QED) is 0.312. The average molecular weight is 611 g/mol. The minimum absolute atomic E-state index is 0.0175. The molecular weight excluding hydrogens is 576 g/mol. The molecule has 45 heavy (non-hydrogen) atoms. The van der Waals surface area contributed by atoms with Gasteiger partial charge in [-0.05, 0) is 77.9 Å². The van der Waals surface area contributed by atoms with Crippen LogP contribution >= 0.6 is 0 Å². The third-order valence-electron chi connectivity index (χ3n) is 7.55. The molecule has 6 heterocycles. The topological polar surface area (TPSA) is 140 Å². The highest BCUT2D eigenvalue weighted by Gasteiger charge is 2.33. The van der Waals surface area contributed by atoms with Crippen LogP contribution in [0.3, 0.4) is 0 Å². The van der Waals surface area contributed by atoms with Crippen LogP contribution in [-0.2, 0) is 22.4 Å². The second kappa shape index (κ2) is 14.8. The molecule has 3 aromatic carbocycles. The first-order valence-electron chi connectivity index (χ1n) is 14.6. The number of aryl methyl sites for hydroxylation is 1. The van der Waals surface area contributed by atoms with E-state index in [0.717, 1.165) is 33.8 Å². The molecule has 0 saturated carbocycles. The van der Waals surface area contributed by atoms with Crippen molar-refractivity contribution in [3.05, 3.63) is 107 Å². The predicted octanol–water partition coefficient (Wildman–Crippen LogP) is 4.60. The summed E-state index contributed by atoms with van der Waals surface area (Å²) in [6.45, 7) is 1.25. The molecule has 2 N–H and O–H groups in total. The summed E-state index contributed by atoms with van der Waals surface area (Å²) >= 11 is 0. The van der Waals surface area contributed by atoms with Crippen LogP contribution in [0, 0.1) is 0 Å². The van der Waals surface area contributed by atoms with Gasteiger partial charge in [0.1, 0.15) is 17.2 Å². The molecule has 0 saturated heterocycles. The number of ether oxygens (including phenoxy) is 3. The lowest BCUT2D eigenvalue weighted by Gasteiger charge is -2.38. The van der Waals surface area contributed by atoms with Crippen LogP contribution in [-0.4, -0.2) is 65.1 Å². The summed E-state index contributed by atoms with van der Waals surface area (Å²) in [6, 6.07) is 21.6. The molecule has 232 valence electrons. The average Bonchev–Trinajstić information content (AvgIpc) is 3.07. The molecule has 0 spiro atoms. The van der Waals surface area contributed by atoms with Crippen LogP contribution in [0.4, 0.5) is 0 Å². The number of carboxylic acid groups (broad SMARTS) is 1. The summed E-state index contributed by atoms with van der Waals surface area (Å²) in [5.74, 6) is 2.01. The summed E-state index contributed by atoms with van der Waals surface area (Å²) in [5.41, 5.74) is 4.54. The van der Waals surface area contributed by atoms with E-state index in [1.807, 2.05) is 65.6 Å². The molecule has 0 aliphatic carbocycles. The lowest BCUT2D eigenvalue weighted by Crippen LogP contribution is -2.40. The molecule has 8 bridgehead atoms. The van der Waals surface area contributed by atoms with Crippen LogP contribution in [0.15, 0.2) is 79.1 Å². The zero-order valence-electron chi connectivity index (χ0n) is 24.8. The van der Waals surface area contributed by atoms with Gasteiger partial charge in [-0.2, -0.15) is 0 Å². The van der Waals surface area contributed by atoms with Crippen molar-refractivity contribution in [2.45, 2.75) is 31.7 Å². The van der Waals surface area contributed by atoms with Gasteiger partial charge in [0.05, 0.1) is 25.3 Å². The van der Waals surface area contributed by atoms with Gasteiger partial charge in [-0.3, -0.25) is 14.4 Å². The first-order chi connectivity index (χ1) is 22.0. The number of nitrogens with zero attached hydrogens (tertiary/aromatic N) is 3. The fraction of sp³-hybridized carbons (Fsp3) is 0.265. The van der Waals surface area contributed by atoms with Gasteiger partial charge in [-0.25, -0.2) is 9.97 Å². The highest BCUT2D eigenvalue weighted by atomic mass is 16.5. The van der Waals surface area contributed by atoms with Gasteiger partial charge in [-0.15, -0.1) is 0 Å². The first kappa shape index (κ1) is 31.0. The van der Waals surface area contributed by atoms with E-state index in [2.05, 4.69) is 21.4 Å². The highest BCUT2D eigenvalue weighted by molar-refractivity contribution is 5.94. The van der Waals surface area contributed by atoms with E-state index in [4.69, 9.17) is 24.1 Å². The number of rotatable bonds is 2. The Bertz CT molecular complexity index is 1630. The Morgan fingerprint density at radius 3 is 2.51 bits per heavy atom. The van der Waals surface area contributed by atoms with Crippen molar-refractivity contribution in [1.82, 2.24) is 20.2 Å². The molecule has 0 fully saturated rings. The molecule has 0 radical (unpaired) electrons. The number of methoxy groups -OCH3 is 1. The normalized spacial score (nSPS) is 16.1. The number of carbonyl (C=O) groups excluding carboxylic acids is 2. The van der Waals surface area contributed by atoms with Gasteiger partial charge in [0.2, 0.25) is 5.91 Å². The predicted molar refractivity (Wildman–Crippen MR) is 165 cm³/mol. The zero-order valence-corrected chi connectivity index (χ0v) is 24.8. The Kier molecular flexibility index (Phi) is 10.2. The fourth-order valence-electron chi connectivity index (χ4n) is 5.41. The molecule has 2 amide bonds. The van der Waals surface area contributed by atoms with E-state index in [0.29, 0.717) is 56.7 Å². The molecule has 5 aliphatic rings. The molecule has 1 atom stereocenters. The van der Waals surface area contributed by atoms with E-state index in [1.54, 1.807) is 0 Å². The van der Waals surface area contributed by atoms with Gasteiger partial charge >= 0.3 is 6.01 Å². The smallest absolute Gasteiger partial charge is 0.316 e. The van der Waals surface area contributed by atoms with E-state index in [-0.39, 0.29) is 30.3 Å². The van der Waals surface area contributed by atoms with Gasteiger partial charge in [0.25, 0.3) is 12.4 Å². The Morgan fingerprint density at radius 1 is 1.00 bits per heavy atom. The molecule has 1 unspecified atom stereocenters. The van der Waals surface area contributed by atoms with Crippen molar-refractivity contribution in [3.8, 4) is 23.3 Å². The third-order valence-corrected chi connectivity index (χ3v) is 7.55. The standard InChI is InChI=1S/C33H32N4O5.CH2O2/c1-40-33-35-20-25(21-36-33)32(39)37-16-14-23-18-28-11-12-29(23)31(37)24-4-2-5-27(19-24)41-17-3-15-34-30(38)13-8-22-6-9-26(42-28)10-7-22;2-1-3/h2,4-7,9-12,18-21,31H,3,8,13-17H2,1H3,(H,34,38);1H,(H,2,3).